The lowest BCUT2D eigenvalue weighted by Crippen LogP contribution is -2.36. The average molecular weight is 421 g/mol. The van der Waals surface area contributed by atoms with Crippen LogP contribution in [0, 0.1) is 0 Å². The zero-order valence-corrected chi connectivity index (χ0v) is 16.4. The number of hydrogen-bond acceptors (Lipinski definition) is 6. The second-order valence-corrected chi connectivity index (χ2v) is 7.14. The van der Waals surface area contributed by atoms with Gasteiger partial charge in [0.25, 0.3) is 0 Å². The fourth-order valence-electron chi connectivity index (χ4n) is 2.71. The number of hydrogen-bond donors (Lipinski definition) is 2. The number of aliphatic hydroxyl groups is 1. The van der Waals surface area contributed by atoms with Gasteiger partial charge in [0.1, 0.15) is 5.82 Å². The summed E-state index contributed by atoms with van der Waals surface area (Å²) in [5, 5.41) is 18.1. The lowest BCUT2D eigenvalue weighted by atomic mass is 9.96. The number of anilines is 1. The van der Waals surface area contributed by atoms with E-state index in [1.165, 1.54) is 0 Å². The molecule has 0 aliphatic heterocycles. The maximum atomic E-state index is 10.8. The molecule has 3 aromatic rings. The Morgan fingerprint density at radius 1 is 1.23 bits per heavy atom. The standard InChI is InChI=1S/C18H21BrN4O3/c1-18(24,9-12-4-5-14(25-2)15(8-12)26-3)11-20-16-6-7-23-17(22-16)13(19)10-21-23/h4-8,10,24H,9,11H2,1-3H3,(H,20,22). The molecule has 0 aliphatic carbocycles. The van der Waals surface area contributed by atoms with Gasteiger partial charge >= 0.3 is 0 Å². The van der Waals surface area contributed by atoms with E-state index in [-0.39, 0.29) is 0 Å². The van der Waals surface area contributed by atoms with Crippen LogP contribution in [0.5, 0.6) is 11.5 Å². The Hall–Kier alpha value is -2.32. The molecule has 1 aromatic carbocycles. The van der Waals surface area contributed by atoms with Crippen LogP contribution in [0.4, 0.5) is 5.82 Å². The first-order valence-electron chi connectivity index (χ1n) is 8.09. The van der Waals surface area contributed by atoms with Crippen LogP contribution >= 0.6 is 15.9 Å². The molecule has 0 aliphatic rings. The van der Waals surface area contributed by atoms with Crippen LogP contribution in [-0.2, 0) is 6.42 Å². The van der Waals surface area contributed by atoms with Crippen molar-refractivity contribution in [3.8, 4) is 11.5 Å². The van der Waals surface area contributed by atoms with Crippen molar-refractivity contribution in [2.45, 2.75) is 18.9 Å². The van der Waals surface area contributed by atoms with Gasteiger partial charge < -0.3 is 19.9 Å². The molecule has 1 atom stereocenters. The molecule has 0 fully saturated rings. The number of ether oxygens (including phenoxy) is 2. The van der Waals surface area contributed by atoms with Crippen molar-refractivity contribution in [3.05, 3.63) is 46.7 Å². The first-order valence-corrected chi connectivity index (χ1v) is 8.88. The number of nitrogens with zero attached hydrogens (tertiary/aromatic N) is 3. The third-order valence-electron chi connectivity index (χ3n) is 4.01. The maximum absolute atomic E-state index is 10.8. The van der Waals surface area contributed by atoms with Crippen molar-refractivity contribution in [1.29, 1.82) is 0 Å². The molecule has 3 rings (SSSR count). The van der Waals surface area contributed by atoms with Crippen LogP contribution in [0.15, 0.2) is 41.1 Å². The van der Waals surface area contributed by atoms with E-state index in [4.69, 9.17) is 9.47 Å². The highest BCUT2D eigenvalue weighted by atomic mass is 79.9. The van der Waals surface area contributed by atoms with Crippen LogP contribution in [0.2, 0.25) is 0 Å². The van der Waals surface area contributed by atoms with E-state index >= 15 is 0 Å². The molecule has 138 valence electrons. The van der Waals surface area contributed by atoms with Gasteiger partial charge in [-0.05, 0) is 46.6 Å². The first kappa shape index (κ1) is 18.5. The predicted molar refractivity (Wildman–Crippen MR) is 103 cm³/mol. The van der Waals surface area contributed by atoms with Crippen molar-refractivity contribution >= 4 is 27.4 Å². The lowest BCUT2D eigenvalue weighted by Gasteiger charge is -2.24. The van der Waals surface area contributed by atoms with Crippen LogP contribution in [0.3, 0.4) is 0 Å². The number of halogens is 1. The molecule has 0 bridgehead atoms. The van der Waals surface area contributed by atoms with Gasteiger partial charge in [-0.15, -0.1) is 0 Å². The number of rotatable bonds is 7. The van der Waals surface area contributed by atoms with Crippen LogP contribution in [0.25, 0.3) is 5.65 Å². The third-order valence-corrected chi connectivity index (χ3v) is 4.57. The highest BCUT2D eigenvalue weighted by molar-refractivity contribution is 9.10. The van der Waals surface area contributed by atoms with Gasteiger partial charge in [-0.3, -0.25) is 0 Å². The molecule has 2 N–H and O–H groups in total. The van der Waals surface area contributed by atoms with Gasteiger partial charge in [-0.25, -0.2) is 9.50 Å². The monoisotopic (exact) mass is 420 g/mol. The van der Waals surface area contributed by atoms with Gasteiger partial charge in [0, 0.05) is 19.2 Å². The molecule has 0 spiro atoms. The Morgan fingerprint density at radius 3 is 2.73 bits per heavy atom. The maximum Gasteiger partial charge on any atom is 0.171 e. The smallest absolute Gasteiger partial charge is 0.171 e. The SMILES string of the molecule is COc1ccc(CC(C)(O)CNc2ccn3ncc(Br)c3n2)cc1OC. The second-order valence-electron chi connectivity index (χ2n) is 6.29. The Kier molecular flexibility index (Phi) is 5.33. The van der Waals surface area contributed by atoms with Crippen molar-refractivity contribution in [2.24, 2.45) is 0 Å². The normalized spacial score (nSPS) is 13.4. The first-order chi connectivity index (χ1) is 12.4. The van der Waals surface area contributed by atoms with Crippen LogP contribution in [0.1, 0.15) is 12.5 Å². The van der Waals surface area contributed by atoms with E-state index < -0.39 is 5.60 Å². The molecular weight excluding hydrogens is 400 g/mol. The summed E-state index contributed by atoms with van der Waals surface area (Å²) in [6, 6.07) is 7.45. The molecule has 7 nitrogen and oxygen atoms in total. The third kappa shape index (κ3) is 4.08. The van der Waals surface area contributed by atoms with E-state index in [1.807, 2.05) is 30.5 Å². The second kappa shape index (κ2) is 7.51. The molecule has 2 aromatic heterocycles. The summed E-state index contributed by atoms with van der Waals surface area (Å²) < 4.78 is 13.1. The Morgan fingerprint density at radius 2 is 2.00 bits per heavy atom. The molecule has 2 heterocycles. The Balaban J connectivity index is 1.69. The zero-order valence-electron chi connectivity index (χ0n) is 14.9. The summed E-state index contributed by atoms with van der Waals surface area (Å²) >= 11 is 3.42. The Bertz CT molecular complexity index is 911. The fourth-order valence-corrected chi connectivity index (χ4v) is 3.08. The van der Waals surface area contributed by atoms with Crippen molar-refractivity contribution in [2.75, 3.05) is 26.1 Å². The van der Waals surface area contributed by atoms with Crippen molar-refractivity contribution in [3.63, 3.8) is 0 Å². The number of nitrogens with one attached hydrogen (secondary N) is 1. The fraction of sp³-hybridized carbons (Fsp3) is 0.333. The minimum atomic E-state index is -0.967. The molecule has 0 amide bonds. The van der Waals surface area contributed by atoms with E-state index in [0.29, 0.717) is 30.3 Å². The molecule has 0 radical (unpaired) electrons. The summed E-state index contributed by atoms with van der Waals surface area (Å²) in [6.45, 7) is 2.13. The van der Waals surface area contributed by atoms with Crippen LogP contribution < -0.4 is 14.8 Å². The zero-order chi connectivity index (χ0) is 18.7. The predicted octanol–water partition coefficient (Wildman–Crippen LogP) is 2.91. The van der Waals surface area contributed by atoms with Gasteiger partial charge in [-0.2, -0.15) is 5.10 Å². The number of methoxy groups -OCH3 is 2. The Labute approximate surface area is 160 Å². The quantitative estimate of drug-likeness (QED) is 0.611. The highest BCUT2D eigenvalue weighted by Crippen LogP contribution is 2.29. The lowest BCUT2D eigenvalue weighted by molar-refractivity contribution is 0.0740. The van der Waals surface area contributed by atoms with Crippen molar-refractivity contribution < 1.29 is 14.6 Å². The van der Waals surface area contributed by atoms with E-state index in [2.05, 4.69) is 31.3 Å². The number of benzene rings is 1. The minimum Gasteiger partial charge on any atom is -0.493 e. The van der Waals surface area contributed by atoms with Crippen molar-refractivity contribution in [1.82, 2.24) is 14.6 Å². The molecule has 0 saturated carbocycles. The van der Waals surface area contributed by atoms with Crippen LogP contribution in [-0.4, -0.2) is 46.1 Å². The van der Waals surface area contributed by atoms with E-state index in [1.54, 1.807) is 31.9 Å². The highest BCUT2D eigenvalue weighted by Gasteiger charge is 2.22. The minimum absolute atomic E-state index is 0.344. The summed E-state index contributed by atoms with van der Waals surface area (Å²) in [5.74, 6) is 1.98. The topological polar surface area (TPSA) is 80.9 Å². The molecule has 8 heteroatoms. The summed E-state index contributed by atoms with van der Waals surface area (Å²) in [6.07, 6.45) is 3.97. The summed E-state index contributed by atoms with van der Waals surface area (Å²) in [7, 11) is 3.19. The average Bonchev–Trinajstić information content (AvgIpc) is 3.00. The molecular formula is C18H21BrN4O3. The molecule has 1 unspecified atom stereocenters. The van der Waals surface area contributed by atoms with Gasteiger partial charge in [0.2, 0.25) is 0 Å². The van der Waals surface area contributed by atoms with E-state index in [9.17, 15) is 5.11 Å². The molecule has 0 saturated heterocycles. The molecule has 26 heavy (non-hydrogen) atoms. The van der Waals surface area contributed by atoms with Gasteiger partial charge in [-0.1, -0.05) is 6.07 Å². The largest absolute Gasteiger partial charge is 0.493 e. The number of aromatic nitrogens is 3. The van der Waals surface area contributed by atoms with Gasteiger partial charge in [0.05, 0.1) is 30.5 Å². The van der Waals surface area contributed by atoms with Gasteiger partial charge in [0.15, 0.2) is 17.1 Å². The summed E-state index contributed by atoms with van der Waals surface area (Å²) in [4.78, 5) is 4.49. The summed E-state index contributed by atoms with van der Waals surface area (Å²) in [5.41, 5.74) is 0.705. The number of fused-ring (bicyclic) bond motifs is 1. The van der Waals surface area contributed by atoms with E-state index in [0.717, 1.165) is 15.7 Å².